The molecular weight excluding hydrogens is 422 g/mol. The number of H-pyrrole nitrogens is 1. The molecule has 5 heteroatoms. The highest BCUT2D eigenvalue weighted by Gasteiger charge is 2.25. The standard InChI is InChI=1S/C27H33N3O2.C2H6/c1-17(2)19-8-10-20(11-9-19)21-12-14-22(15-13-21)23-16-28-25(29-23)24(18(3)4)30-26(31)32-27(5,6)7;1-2/h8-16,18,24H,1H2,2-7H3,(H,28,29)(H,30,31);1-2H3. The molecule has 0 saturated carbocycles. The second-order valence-corrected chi connectivity index (χ2v) is 9.49. The van der Waals surface area contributed by atoms with Gasteiger partial charge in [0.1, 0.15) is 11.4 Å². The summed E-state index contributed by atoms with van der Waals surface area (Å²) >= 11 is 0. The van der Waals surface area contributed by atoms with E-state index in [1.165, 1.54) is 0 Å². The molecule has 0 bridgehead atoms. The fourth-order valence-corrected chi connectivity index (χ4v) is 3.42. The maximum atomic E-state index is 12.3. The Bertz CT molecular complexity index is 1070. The van der Waals surface area contributed by atoms with Crippen LogP contribution < -0.4 is 5.32 Å². The predicted octanol–water partition coefficient (Wildman–Crippen LogP) is 8.02. The van der Waals surface area contributed by atoms with Gasteiger partial charge in [0.05, 0.1) is 17.9 Å². The zero-order valence-electron chi connectivity index (χ0n) is 21.8. The minimum atomic E-state index is -0.549. The summed E-state index contributed by atoms with van der Waals surface area (Å²) in [6.07, 6.45) is 1.36. The van der Waals surface area contributed by atoms with Crippen LogP contribution in [0.25, 0.3) is 28.0 Å². The Morgan fingerprint density at radius 3 is 1.94 bits per heavy atom. The highest BCUT2D eigenvalue weighted by Crippen LogP contribution is 2.27. The van der Waals surface area contributed by atoms with Crippen molar-refractivity contribution in [1.29, 1.82) is 0 Å². The number of allylic oxidation sites excluding steroid dienone is 1. The Labute approximate surface area is 204 Å². The van der Waals surface area contributed by atoms with Crippen LogP contribution in [0, 0.1) is 5.92 Å². The summed E-state index contributed by atoms with van der Waals surface area (Å²) in [6, 6.07) is 16.5. The fourth-order valence-electron chi connectivity index (χ4n) is 3.42. The number of nitrogens with one attached hydrogen (secondary N) is 2. The van der Waals surface area contributed by atoms with E-state index in [-0.39, 0.29) is 12.0 Å². The van der Waals surface area contributed by atoms with E-state index in [4.69, 9.17) is 4.74 Å². The van der Waals surface area contributed by atoms with Crippen molar-refractivity contribution in [2.45, 2.75) is 67.0 Å². The average molecular weight is 462 g/mol. The van der Waals surface area contributed by atoms with Crippen molar-refractivity contribution in [1.82, 2.24) is 15.3 Å². The molecule has 5 nitrogen and oxygen atoms in total. The highest BCUT2D eigenvalue weighted by molar-refractivity contribution is 5.71. The first-order valence-corrected chi connectivity index (χ1v) is 11.9. The largest absolute Gasteiger partial charge is 0.444 e. The Morgan fingerprint density at radius 1 is 0.971 bits per heavy atom. The van der Waals surface area contributed by atoms with Crippen molar-refractivity contribution in [3.63, 3.8) is 0 Å². The van der Waals surface area contributed by atoms with Gasteiger partial charge in [-0.05, 0) is 55.9 Å². The Balaban J connectivity index is 0.00000199. The molecule has 0 spiro atoms. The molecule has 0 aliphatic carbocycles. The van der Waals surface area contributed by atoms with Crippen molar-refractivity contribution in [2.24, 2.45) is 5.92 Å². The van der Waals surface area contributed by atoms with E-state index in [2.05, 4.69) is 70.4 Å². The molecule has 3 rings (SSSR count). The van der Waals surface area contributed by atoms with Crippen molar-refractivity contribution in [2.75, 3.05) is 0 Å². The lowest BCUT2D eigenvalue weighted by Gasteiger charge is -2.24. The van der Waals surface area contributed by atoms with Crippen LogP contribution in [-0.4, -0.2) is 21.7 Å². The smallest absolute Gasteiger partial charge is 0.408 e. The Morgan fingerprint density at radius 2 is 1.47 bits per heavy atom. The van der Waals surface area contributed by atoms with Crippen LogP contribution in [-0.2, 0) is 4.74 Å². The molecule has 0 fully saturated rings. The SMILES string of the molecule is C=C(C)c1ccc(-c2ccc(-c3cnc(C(NC(=O)OC(C)(C)C)C(C)C)[nH]3)cc2)cc1.CC. The number of amides is 1. The van der Waals surface area contributed by atoms with Crippen molar-refractivity contribution in [3.05, 3.63) is 72.7 Å². The number of hydrogen-bond donors (Lipinski definition) is 2. The first-order valence-electron chi connectivity index (χ1n) is 11.9. The van der Waals surface area contributed by atoms with Gasteiger partial charge in [0.25, 0.3) is 0 Å². The zero-order chi connectivity index (χ0) is 25.5. The molecule has 2 N–H and O–H groups in total. The summed E-state index contributed by atoms with van der Waals surface area (Å²) in [5.74, 6) is 0.853. The topological polar surface area (TPSA) is 67.0 Å². The lowest BCUT2D eigenvalue weighted by molar-refractivity contribution is 0.0486. The number of carbonyl (C=O) groups is 1. The van der Waals surface area contributed by atoms with Crippen LogP contribution in [0.15, 0.2) is 61.3 Å². The van der Waals surface area contributed by atoms with E-state index in [0.717, 1.165) is 33.5 Å². The van der Waals surface area contributed by atoms with Gasteiger partial charge in [0.2, 0.25) is 0 Å². The van der Waals surface area contributed by atoms with Gasteiger partial charge in [-0.15, -0.1) is 0 Å². The van der Waals surface area contributed by atoms with Gasteiger partial charge >= 0.3 is 6.09 Å². The fraction of sp³-hybridized carbons (Fsp3) is 0.379. The van der Waals surface area contributed by atoms with Gasteiger partial charge in [-0.3, -0.25) is 0 Å². The Hall–Kier alpha value is -3.34. The minimum absolute atomic E-state index is 0.145. The predicted molar refractivity (Wildman–Crippen MR) is 142 cm³/mol. The molecule has 0 radical (unpaired) electrons. The number of nitrogens with zero attached hydrogens (tertiary/aromatic N) is 1. The summed E-state index contributed by atoms with van der Waals surface area (Å²) in [6.45, 7) is 19.6. The number of aromatic nitrogens is 2. The molecule has 0 saturated heterocycles. The van der Waals surface area contributed by atoms with Crippen LogP contribution in [0.1, 0.15) is 72.8 Å². The third-order valence-corrected chi connectivity index (χ3v) is 5.14. The number of aromatic amines is 1. The van der Waals surface area contributed by atoms with Gasteiger partial charge in [-0.1, -0.05) is 88.4 Å². The molecule has 0 aliphatic rings. The first kappa shape index (κ1) is 26.9. The van der Waals surface area contributed by atoms with Gasteiger partial charge in [0, 0.05) is 0 Å². The maximum Gasteiger partial charge on any atom is 0.408 e. The summed E-state index contributed by atoms with van der Waals surface area (Å²) in [5, 5.41) is 2.94. The number of alkyl carbamates (subject to hydrolysis) is 1. The number of benzene rings is 2. The van der Waals surface area contributed by atoms with E-state index in [1.807, 2.05) is 55.4 Å². The molecule has 182 valence electrons. The maximum absolute atomic E-state index is 12.3. The first-order chi connectivity index (χ1) is 16.0. The van der Waals surface area contributed by atoms with Crippen molar-refractivity contribution in [3.8, 4) is 22.4 Å². The molecule has 1 heterocycles. The average Bonchev–Trinajstić information content (AvgIpc) is 3.27. The number of ether oxygens (including phenoxy) is 1. The van der Waals surface area contributed by atoms with E-state index in [0.29, 0.717) is 5.82 Å². The van der Waals surface area contributed by atoms with Crippen LogP contribution in [0.2, 0.25) is 0 Å². The second-order valence-electron chi connectivity index (χ2n) is 9.49. The van der Waals surface area contributed by atoms with E-state index in [9.17, 15) is 4.79 Å². The molecule has 1 aromatic heterocycles. The molecule has 1 unspecified atom stereocenters. The molecule has 34 heavy (non-hydrogen) atoms. The lowest BCUT2D eigenvalue weighted by Crippen LogP contribution is -2.37. The molecular formula is C29H39N3O2. The summed E-state index contributed by atoms with van der Waals surface area (Å²) in [7, 11) is 0. The van der Waals surface area contributed by atoms with Crippen molar-refractivity contribution < 1.29 is 9.53 Å². The van der Waals surface area contributed by atoms with Gasteiger partial charge < -0.3 is 15.0 Å². The monoisotopic (exact) mass is 461 g/mol. The third kappa shape index (κ3) is 7.34. The minimum Gasteiger partial charge on any atom is -0.444 e. The number of rotatable bonds is 6. The zero-order valence-corrected chi connectivity index (χ0v) is 21.8. The van der Waals surface area contributed by atoms with Crippen LogP contribution in [0.4, 0.5) is 4.79 Å². The quantitative estimate of drug-likeness (QED) is 0.390. The van der Waals surface area contributed by atoms with Crippen LogP contribution >= 0.6 is 0 Å². The third-order valence-electron chi connectivity index (χ3n) is 5.14. The lowest BCUT2D eigenvalue weighted by atomic mass is 10.0. The molecule has 3 aromatic rings. The molecule has 1 amide bonds. The summed E-state index contributed by atoms with van der Waals surface area (Å²) < 4.78 is 5.41. The second kappa shape index (κ2) is 11.7. The van der Waals surface area contributed by atoms with E-state index < -0.39 is 11.7 Å². The normalized spacial score (nSPS) is 11.9. The van der Waals surface area contributed by atoms with Gasteiger partial charge in [-0.25, -0.2) is 9.78 Å². The van der Waals surface area contributed by atoms with Gasteiger partial charge in [-0.2, -0.15) is 0 Å². The van der Waals surface area contributed by atoms with E-state index in [1.54, 1.807) is 6.20 Å². The van der Waals surface area contributed by atoms with E-state index >= 15 is 0 Å². The van der Waals surface area contributed by atoms with Gasteiger partial charge in [0.15, 0.2) is 0 Å². The Kier molecular flexibility index (Phi) is 9.25. The number of carbonyl (C=O) groups excluding carboxylic acids is 1. The molecule has 1 atom stereocenters. The highest BCUT2D eigenvalue weighted by atomic mass is 16.6. The number of hydrogen-bond acceptors (Lipinski definition) is 3. The molecule has 2 aromatic carbocycles. The van der Waals surface area contributed by atoms with Crippen LogP contribution in [0.5, 0.6) is 0 Å². The summed E-state index contributed by atoms with van der Waals surface area (Å²) in [5.41, 5.74) is 5.90. The van der Waals surface area contributed by atoms with Crippen molar-refractivity contribution >= 4 is 11.7 Å². The summed E-state index contributed by atoms with van der Waals surface area (Å²) in [4.78, 5) is 20.2. The van der Waals surface area contributed by atoms with Crippen LogP contribution in [0.3, 0.4) is 0 Å². The molecule has 0 aliphatic heterocycles. The number of imidazole rings is 1.